The Morgan fingerprint density at radius 2 is 1.97 bits per heavy atom. The van der Waals surface area contributed by atoms with E-state index >= 15 is 0 Å². The number of ether oxygens (including phenoxy) is 1. The Kier molecular flexibility index (Phi) is 6.25. The van der Waals surface area contributed by atoms with Crippen LogP contribution in [0.5, 0.6) is 5.75 Å². The number of halogens is 1. The van der Waals surface area contributed by atoms with Crippen molar-refractivity contribution in [2.75, 3.05) is 11.9 Å². The lowest BCUT2D eigenvalue weighted by atomic mass is 10.2. The summed E-state index contributed by atoms with van der Waals surface area (Å²) < 4.78 is 8.22. The number of anilines is 1. The molecule has 2 heterocycles. The van der Waals surface area contributed by atoms with E-state index < -0.39 is 0 Å². The van der Waals surface area contributed by atoms with Crippen molar-refractivity contribution in [1.82, 2.24) is 14.8 Å². The van der Waals surface area contributed by atoms with Gasteiger partial charge in [0, 0.05) is 11.6 Å². The lowest BCUT2D eigenvalue weighted by molar-refractivity contribution is 0.102. The number of carbonyl (C=O) groups is 1. The van der Waals surface area contributed by atoms with Gasteiger partial charge >= 0.3 is 0 Å². The number of aromatic nitrogens is 3. The molecule has 0 aliphatic rings. The zero-order chi connectivity index (χ0) is 22.0. The Balaban J connectivity index is 1.57. The van der Waals surface area contributed by atoms with Crippen LogP contribution >= 0.6 is 22.9 Å². The summed E-state index contributed by atoms with van der Waals surface area (Å²) in [6.07, 6.45) is 2.08. The zero-order valence-electron chi connectivity index (χ0n) is 17.6. The minimum Gasteiger partial charge on any atom is -0.494 e. The van der Waals surface area contributed by atoms with Gasteiger partial charge in [0.25, 0.3) is 5.91 Å². The van der Waals surface area contributed by atoms with Crippen molar-refractivity contribution < 1.29 is 9.53 Å². The van der Waals surface area contributed by atoms with E-state index in [9.17, 15) is 4.79 Å². The third-order valence-corrected chi connectivity index (χ3v) is 6.31. The number of hydrogen-bond donors (Lipinski definition) is 1. The summed E-state index contributed by atoms with van der Waals surface area (Å²) in [5.41, 5.74) is 3.20. The molecule has 0 saturated carbocycles. The van der Waals surface area contributed by atoms with Gasteiger partial charge in [-0.15, -0.1) is 0 Å². The number of thiazole rings is 1. The number of nitrogens with one attached hydrogen (secondary N) is 1. The maximum absolute atomic E-state index is 12.8. The van der Waals surface area contributed by atoms with Crippen molar-refractivity contribution in [1.29, 1.82) is 0 Å². The molecule has 0 aliphatic heterocycles. The molecule has 0 saturated heterocycles. The summed E-state index contributed by atoms with van der Waals surface area (Å²) in [6, 6.07) is 12.8. The van der Waals surface area contributed by atoms with E-state index in [4.69, 9.17) is 21.3 Å². The zero-order valence-corrected chi connectivity index (χ0v) is 19.2. The largest absolute Gasteiger partial charge is 0.494 e. The topological polar surface area (TPSA) is 69.0 Å². The van der Waals surface area contributed by atoms with Crippen LogP contribution in [0.4, 0.5) is 5.82 Å². The van der Waals surface area contributed by atoms with Gasteiger partial charge in [0.05, 0.1) is 27.5 Å². The number of aryl methyl sites for hydroxylation is 2. The molecule has 1 amide bonds. The number of hydrogen-bond acceptors (Lipinski definition) is 5. The number of nitrogens with zero attached hydrogens (tertiary/aromatic N) is 3. The van der Waals surface area contributed by atoms with E-state index in [-0.39, 0.29) is 5.91 Å². The molecule has 2 aromatic heterocycles. The van der Waals surface area contributed by atoms with Gasteiger partial charge in [0.2, 0.25) is 5.13 Å². The van der Waals surface area contributed by atoms with E-state index in [1.165, 1.54) is 11.3 Å². The fourth-order valence-corrected chi connectivity index (χ4v) is 4.42. The molecule has 31 heavy (non-hydrogen) atoms. The quantitative estimate of drug-likeness (QED) is 0.338. The van der Waals surface area contributed by atoms with E-state index in [1.54, 1.807) is 16.8 Å². The van der Waals surface area contributed by atoms with E-state index in [0.717, 1.165) is 40.1 Å². The minimum atomic E-state index is -0.225. The first-order valence-corrected chi connectivity index (χ1v) is 11.3. The maximum atomic E-state index is 12.8. The van der Waals surface area contributed by atoms with Crippen molar-refractivity contribution in [2.45, 2.75) is 33.6 Å². The first kappa shape index (κ1) is 21.3. The standard InChI is InChI=1S/C23H23ClN4O2S/c1-4-5-12-30-17-9-7-16(8-10-17)22(29)25-19-13-15(3)27-28(19)23-26-20-14(2)6-11-18(24)21(20)31-23/h6-11,13H,4-5,12H2,1-3H3,(H,25,29). The van der Waals surface area contributed by atoms with Crippen LogP contribution in [0.15, 0.2) is 42.5 Å². The summed E-state index contributed by atoms with van der Waals surface area (Å²) in [6.45, 7) is 6.66. The number of fused-ring (bicyclic) bond motifs is 1. The summed E-state index contributed by atoms with van der Waals surface area (Å²) in [4.78, 5) is 17.5. The highest BCUT2D eigenvalue weighted by molar-refractivity contribution is 7.21. The van der Waals surface area contributed by atoms with Gasteiger partial charge in [0.15, 0.2) is 0 Å². The molecule has 1 N–H and O–H groups in total. The molecule has 0 aliphatic carbocycles. The molecular weight excluding hydrogens is 432 g/mol. The summed E-state index contributed by atoms with van der Waals surface area (Å²) in [7, 11) is 0. The molecule has 6 nitrogen and oxygen atoms in total. The minimum absolute atomic E-state index is 0.225. The SMILES string of the molecule is CCCCOc1ccc(C(=O)Nc2cc(C)nn2-c2nc3c(C)ccc(Cl)c3s2)cc1. The third-order valence-electron chi connectivity index (χ3n) is 4.82. The van der Waals surface area contributed by atoms with Crippen LogP contribution < -0.4 is 10.1 Å². The number of unbranched alkanes of at least 4 members (excludes halogenated alkanes) is 1. The van der Waals surface area contributed by atoms with Gasteiger partial charge in [-0.1, -0.05) is 42.3 Å². The molecule has 160 valence electrons. The van der Waals surface area contributed by atoms with Gasteiger partial charge in [0.1, 0.15) is 11.6 Å². The fraction of sp³-hybridized carbons (Fsp3) is 0.261. The van der Waals surface area contributed by atoms with E-state index in [2.05, 4.69) is 17.3 Å². The molecule has 0 fully saturated rings. The second-order valence-electron chi connectivity index (χ2n) is 7.30. The average Bonchev–Trinajstić information content (AvgIpc) is 3.36. The van der Waals surface area contributed by atoms with Crippen molar-refractivity contribution in [2.24, 2.45) is 0 Å². The highest BCUT2D eigenvalue weighted by Crippen LogP contribution is 2.34. The van der Waals surface area contributed by atoms with Gasteiger partial charge < -0.3 is 10.1 Å². The van der Waals surface area contributed by atoms with Crippen LogP contribution in [0.1, 0.15) is 41.4 Å². The van der Waals surface area contributed by atoms with Crippen LogP contribution in [0, 0.1) is 13.8 Å². The summed E-state index contributed by atoms with van der Waals surface area (Å²) in [5, 5.41) is 8.77. The van der Waals surface area contributed by atoms with E-state index in [1.807, 2.05) is 44.2 Å². The van der Waals surface area contributed by atoms with Crippen molar-refractivity contribution >= 4 is 44.9 Å². The predicted octanol–water partition coefficient (Wildman–Crippen LogP) is 6.18. The lowest BCUT2D eigenvalue weighted by Crippen LogP contribution is -2.15. The first-order chi connectivity index (χ1) is 15.0. The summed E-state index contributed by atoms with van der Waals surface area (Å²) in [5.74, 6) is 1.09. The van der Waals surface area contributed by atoms with Crippen LogP contribution in [0.25, 0.3) is 15.3 Å². The Morgan fingerprint density at radius 1 is 1.19 bits per heavy atom. The van der Waals surface area contributed by atoms with Crippen LogP contribution in [0.2, 0.25) is 5.02 Å². The van der Waals surface area contributed by atoms with Gasteiger partial charge in [-0.25, -0.2) is 4.98 Å². The molecule has 0 unspecified atom stereocenters. The highest BCUT2D eigenvalue weighted by atomic mass is 35.5. The molecular formula is C23H23ClN4O2S. The predicted molar refractivity (Wildman–Crippen MR) is 126 cm³/mol. The van der Waals surface area contributed by atoms with Gasteiger partial charge in [-0.05, 0) is 56.2 Å². The molecule has 2 aromatic carbocycles. The lowest BCUT2D eigenvalue weighted by Gasteiger charge is -2.08. The normalized spacial score (nSPS) is 11.1. The van der Waals surface area contributed by atoms with Crippen molar-refractivity contribution in [3.8, 4) is 10.9 Å². The summed E-state index contributed by atoms with van der Waals surface area (Å²) >= 11 is 7.80. The number of amides is 1. The Labute approximate surface area is 189 Å². The van der Waals surface area contributed by atoms with Gasteiger partial charge in [-0.2, -0.15) is 9.78 Å². The number of benzene rings is 2. The second-order valence-corrected chi connectivity index (χ2v) is 8.69. The van der Waals surface area contributed by atoms with Crippen LogP contribution in [-0.2, 0) is 0 Å². The van der Waals surface area contributed by atoms with Crippen molar-refractivity contribution in [3.63, 3.8) is 0 Å². The van der Waals surface area contributed by atoms with Crippen molar-refractivity contribution in [3.05, 3.63) is 64.3 Å². The van der Waals surface area contributed by atoms with E-state index in [0.29, 0.717) is 28.1 Å². The molecule has 4 aromatic rings. The highest BCUT2D eigenvalue weighted by Gasteiger charge is 2.17. The first-order valence-electron chi connectivity index (χ1n) is 10.1. The maximum Gasteiger partial charge on any atom is 0.256 e. The smallest absolute Gasteiger partial charge is 0.256 e. The average molecular weight is 455 g/mol. The molecule has 0 radical (unpaired) electrons. The Morgan fingerprint density at radius 3 is 2.68 bits per heavy atom. The molecule has 4 rings (SSSR count). The van der Waals surface area contributed by atoms with Crippen LogP contribution in [-0.4, -0.2) is 27.3 Å². The third kappa shape index (κ3) is 4.57. The van der Waals surface area contributed by atoms with Gasteiger partial charge in [-0.3, -0.25) is 4.79 Å². The monoisotopic (exact) mass is 454 g/mol. The molecule has 0 spiro atoms. The molecule has 0 atom stereocenters. The fourth-order valence-electron chi connectivity index (χ4n) is 3.14. The molecule has 8 heteroatoms. The Bertz CT molecular complexity index is 1190. The number of rotatable bonds is 7. The number of carbonyl (C=O) groups excluding carboxylic acids is 1. The molecule has 0 bridgehead atoms. The van der Waals surface area contributed by atoms with Crippen LogP contribution in [0.3, 0.4) is 0 Å². The second kappa shape index (κ2) is 9.08. The Hall–Kier alpha value is -2.90.